The quantitative estimate of drug-likeness (QED) is 0.622. The summed E-state index contributed by atoms with van der Waals surface area (Å²) in [5, 5.41) is 0. The first-order chi connectivity index (χ1) is 8.16. The molecule has 0 bridgehead atoms. The number of anilines is 1. The Labute approximate surface area is 105 Å². The van der Waals surface area contributed by atoms with Crippen LogP contribution in [0.5, 0.6) is 0 Å². The second-order valence-electron chi connectivity index (χ2n) is 5.59. The Hall–Kier alpha value is -1.02. The predicted molar refractivity (Wildman–Crippen MR) is 73.7 cm³/mol. The van der Waals surface area contributed by atoms with Gasteiger partial charge in [-0.15, -0.1) is 0 Å². The first-order valence-electron chi connectivity index (χ1n) is 6.75. The molecule has 1 aliphatic heterocycles. The van der Waals surface area contributed by atoms with Crippen molar-refractivity contribution < 1.29 is 0 Å². The number of nitrogens with two attached hydrogens (primary N) is 1. The van der Waals surface area contributed by atoms with Gasteiger partial charge in [-0.1, -0.05) is 38.8 Å². The molecular weight excluding hydrogens is 208 g/mol. The second-order valence-corrected chi connectivity index (χ2v) is 5.59. The van der Waals surface area contributed by atoms with Gasteiger partial charge in [0.05, 0.1) is 0 Å². The van der Waals surface area contributed by atoms with Crippen LogP contribution in [0.15, 0.2) is 18.2 Å². The van der Waals surface area contributed by atoms with Crippen molar-refractivity contribution >= 4 is 5.69 Å². The summed E-state index contributed by atoms with van der Waals surface area (Å²) < 4.78 is 0. The third-order valence-corrected chi connectivity index (χ3v) is 3.59. The minimum absolute atomic E-state index is 0.835. The van der Waals surface area contributed by atoms with Crippen LogP contribution in [0.3, 0.4) is 0 Å². The fraction of sp³-hybridized carbons (Fsp3) is 0.600. The highest BCUT2D eigenvalue weighted by molar-refractivity contribution is 5.52. The van der Waals surface area contributed by atoms with Gasteiger partial charge in [0.2, 0.25) is 0 Å². The first-order valence-corrected chi connectivity index (χ1v) is 6.75. The Balaban J connectivity index is 1.78. The van der Waals surface area contributed by atoms with Gasteiger partial charge in [0, 0.05) is 18.8 Å². The van der Waals surface area contributed by atoms with Crippen LogP contribution in [0.1, 0.15) is 44.2 Å². The van der Waals surface area contributed by atoms with Crippen molar-refractivity contribution in [2.45, 2.75) is 46.2 Å². The van der Waals surface area contributed by atoms with Gasteiger partial charge in [0.1, 0.15) is 0 Å². The Morgan fingerprint density at radius 3 is 2.76 bits per heavy atom. The van der Waals surface area contributed by atoms with Crippen molar-refractivity contribution in [1.82, 2.24) is 4.90 Å². The normalized spacial score (nSPS) is 15.5. The lowest BCUT2D eigenvalue weighted by Crippen LogP contribution is -2.17. The Morgan fingerprint density at radius 2 is 2.06 bits per heavy atom. The van der Waals surface area contributed by atoms with Crippen molar-refractivity contribution in [1.29, 1.82) is 0 Å². The summed E-state index contributed by atoms with van der Waals surface area (Å²) >= 11 is 0. The highest BCUT2D eigenvalue weighted by Crippen LogP contribution is 2.27. The average molecular weight is 232 g/mol. The fourth-order valence-corrected chi connectivity index (χ4v) is 2.56. The molecule has 0 spiro atoms. The predicted octanol–water partition coefficient (Wildman–Crippen LogP) is 3.41. The van der Waals surface area contributed by atoms with E-state index in [0.717, 1.165) is 24.7 Å². The summed E-state index contributed by atoms with van der Waals surface area (Å²) in [5.74, 6) is 0.835. The van der Waals surface area contributed by atoms with Crippen LogP contribution in [0.25, 0.3) is 0 Å². The zero-order valence-electron chi connectivity index (χ0n) is 11.1. The molecule has 1 aliphatic rings. The molecule has 17 heavy (non-hydrogen) atoms. The second kappa shape index (κ2) is 5.54. The van der Waals surface area contributed by atoms with E-state index in [1.54, 1.807) is 0 Å². The van der Waals surface area contributed by atoms with Gasteiger partial charge >= 0.3 is 0 Å². The van der Waals surface area contributed by atoms with E-state index < -0.39 is 0 Å². The lowest BCUT2D eigenvalue weighted by molar-refractivity contribution is 0.274. The lowest BCUT2D eigenvalue weighted by Gasteiger charge is -2.14. The molecule has 2 N–H and O–H groups in total. The van der Waals surface area contributed by atoms with Crippen molar-refractivity contribution in [2.24, 2.45) is 5.92 Å². The number of unbranched alkanes of at least 4 members (excludes halogenated alkanes) is 1. The number of hydrogen-bond acceptors (Lipinski definition) is 2. The third-order valence-electron chi connectivity index (χ3n) is 3.59. The van der Waals surface area contributed by atoms with E-state index in [9.17, 15) is 0 Å². The Morgan fingerprint density at radius 1 is 1.24 bits per heavy atom. The molecule has 0 unspecified atom stereocenters. The maximum Gasteiger partial charge on any atom is 0.0363 e. The molecule has 2 heteroatoms. The van der Waals surface area contributed by atoms with E-state index >= 15 is 0 Å². The molecule has 2 nitrogen and oxygen atoms in total. The molecular formula is C15H24N2. The highest BCUT2D eigenvalue weighted by atomic mass is 15.1. The molecule has 0 amide bonds. The van der Waals surface area contributed by atoms with Crippen LogP contribution in [0.4, 0.5) is 5.69 Å². The molecule has 2 rings (SSSR count). The summed E-state index contributed by atoms with van der Waals surface area (Å²) in [4.78, 5) is 2.52. The van der Waals surface area contributed by atoms with Gasteiger partial charge < -0.3 is 5.73 Å². The molecule has 94 valence electrons. The molecule has 0 aliphatic carbocycles. The van der Waals surface area contributed by atoms with Crippen LogP contribution in [-0.4, -0.2) is 11.4 Å². The van der Waals surface area contributed by atoms with E-state index in [1.807, 2.05) is 6.07 Å². The number of hydrogen-bond donors (Lipinski definition) is 1. The molecule has 1 aromatic carbocycles. The summed E-state index contributed by atoms with van der Waals surface area (Å²) in [6.45, 7) is 7.94. The van der Waals surface area contributed by atoms with Crippen LogP contribution >= 0.6 is 0 Å². The van der Waals surface area contributed by atoms with Crippen molar-refractivity contribution in [2.75, 3.05) is 12.3 Å². The van der Waals surface area contributed by atoms with Crippen LogP contribution < -0.4 is 5.73 Å². The molecule has 0 saturated carbocycles. The van der Waals surface area contributed by atoms with Gasteiger partial charge in [-0.3, -0.25) is 4.90 Å². The van der Waals surface area contributed by atoms with E-state index in [2.05, 4.69) is 30.9 Å². The van der Waals surface area contributed by atoms with Crippen molar-refractivity contribution in [3.8, 4) is 0 Å². The zero-order valence-corrected chi connectivity index (χ0v) is 11.1. The largest absolute Gasteiger partial charge is 0.398 e. The van der Waals surface area contributed by atoms with Crippen molar-refractivity contribution in [3.63, 3.8) is 0 Å². The summed E-state index contributed by atoms with van der Waals surface area (Å²) in [7, 11) is 0. The number of fused-ring (bicyclic) bond motifs is 1. The SMILES string of the molecule is CC(C)CCCCN1Cc2cccc(N)c2C1. The number of nitrogens with zero attached hydrogens (tertiary/aromatic N) is 1. The lowest BCUT2D eigenvalue weighted by atomic mass is 10.1. The fourth-order valence-electron chi connectivity index (χ4n) is 2.56. The topological polar surface area (TPSA) is 29.3 Å². The molecule has 0 radical (unpaired) electrons. The molecule has 0 fully saturated rings. The van der Waals surface area contributed by atoms with Crippen LogP contribution in [-0.2, 0) is 13.1 Å². The molecule has 0 aromatic heterocycles. The summed E-state index contributed by atoms with van der Waals surface area (Å²) in [6.07, 6.45) is 4.01. The number of benzene rings is 1. The maximum absolute atomic E-state index is 6.00. The van der Waals surface area contributed by atoms with Gasteiger partial charge in [-0.05, 0) is 36.1 Å². The Bertz CT molecular complexity index is 371. The standard InChI is InChI=1S/C15H24N2/c1-12(2)6-3-4-9-17-10-13-7-5-8-15(16)14(13)11-17/h5,7-8,12H,3-4,6,9-11,16H2,1-2H3. The van der Waals surface area contributed by atoms with E-state index in [0.29, 0.717) is 0 Å². The van der Waals surface area contributed by atoms with E-state index in [-0.39, 0.29) is 0 Å². The van der Waals surface area contributed by atoms with Gasteiger partial charge in [-0.2, -0.15) is 0 Å². The third kappa shape index (κ3) is 3.22. The maximum atomic E-state index is 6.00. The van der Waals surface area contributed by atoms with Gasteiger partial charge in [0.15, 0.2) is 0 Å². The van der Waals surface area contributed by atoms with Crippen LogP contribution in [0, 0.1) is 5.92 Å². The van der Waals surface area contributed by atoms with E-state index in [1.165, 1.54) is 36.9 Å². The molecule has 0 saturated heterocycles. The minimum atomic E-state index is 0.835. The Kier molecular flexibility index (Phi) is 4.06. The minimum Gasteiger partial charge on any atom is -0.398 e. The first kappa shape index (κ1) is 12.4. The smallest absolute Gasteiger partial charge is 0.0363 e. The van der Waals surface area contributed by atoms with Gasteiger partial charge in [-0.25, -0.2) is 0 Å². The van der Waals surface area contributed by atoms with Crippen LogP contribution in [0.2, 0.25) is 0 Å². The average Bonchev–Trinajstić information content (AvgIpc) is 2.69. The number of rotatable bonds is 5. The zero-order chi connectivity index (χ0) is 12.3. The highest BCUT2D eigenvalue weighted by Gasteiger charge is 2.19. The monoisotopic (exact) mass is 232 g/mol. The van der Waals surface area contributed by atoms with Gasteiger partial charge in [0.25, 0.3) is 0 Å². The van der Waals surface area contributed by atoms with Crippen molar-refractivity contribution in [3.05, 3.63) is 29.3 Å². The molecule has 0 atom stereocenters. The summed E-state index contributed by atoms with van der Waals surface area (Å²) in [6, 6.07) is 6.29. The summed E-state index contributed by atoms with van der Waals surface area (Å²) in [5.41, 5.74) is 9.75. The molecule has 1 aromatic rings. The molecule has 1 heterocycles. The number of nitrogen functional groups attached to an aromatic ring is 1. The van der Waals surface area contributed by atoms with E-state index in [4.69, 9.17) is 5.73 Å².